The molecule has 1 atom stereocenters. The fraction of sp³-hybridized carbons (Fsp3) is 0.200. The summed E-state index contributed by atoms with van der Waals surface area (Å²) in [6, 6.07) is 13.6. The van der Waals surface area contributed by atoms with Crippen molar-refractivity contribution < 1.29 is 0 Å². The van der Waals surface area contributed by atoms with Crippen molar-refractivity contribution in [1.29, 1.82) is 0 Å². The molecule has 2 nitrogen and oxygen atoms in total. The molecule has 0 spiro atoms. The molecule has 100 valence electrons. The second kappa shape index (κ2) is 6.29. The second-order valence-electron chi connectivity index (χ2n) is 4.39. The van der Waals surface area contributed by atoms with Gasteiger partial charge in [0.25, 0.3) is 0 Å². The maximum absolute atomic E-state index is 6.25. The van der Waals surface area contributed by atoms with Gasteiger partial charge in [0.2, 0.25) is 0 Å². The fourth-order valence-corrected chi connectivity index (χ4v) is 2.42. The van der Waals surface area contributed by atoms with Gasteiger partial charge in [-0.1, -0.05) is 53.5 Å². The number of nitrogens with two attached hydrogens (primary N) is 1. The van der Waals surface area contributed by atoms with Crippen molar-refractivity contribution in [3.05, 3.63) is 63.6 Å². The first-order valence-electron chi connectivity index (χ1n) is 6.09. The average Bonchev–Trinajstić information content (AvgIpc) is 2.41. The lowest BCUT2D eigenvalue weighted by Gasteiger charge is -2.21. The Labute approximate surface area is 123 Å². The van der Waals surface area contributed by atoms with Crippen LogP contribution in [0.3, 0.4) is 0 Å². The van der Waals surface area contributed by atoms with Gasteiger partial charge in [-0.3, -0.25) is 0 Å². The molecule has 0 radical (unpaired) electrons. The Morgan fingerprint density at radius 2 is 1.84 bits per heavy atom. The van der Waals surface area contributed by atoms with Crippen molar-refractivity contribution in [2.45, 2.75) is 13.0 Å². The highest BCUT2D eigenvalue weighted by atomic mass is 35.5. The molecule has 0 fully saturated rings. The SMILES string of the molecule is Cc1ccccc1NC(CN)c1cccc(Cl)c1Cl. The zero-order chi connectivity index (χ0) is 13.8. The predicted octanol–water partition coefficient (Wildman–Crippen LogP) is 4.41. The molecule has 0 aromatic heterocycles. The average molecular weight is 295 g/mol. The van der Waals surface area contributed by atoms with Crippen LogP contribution in [0.2, 0.25) is 10.0 Å². The molecular formula is C15H16Cl2N2. The number of para-hydroxylation sites is 1. The number of rotatable bonds is 4. The summed E-state index contributed by atoms with van der Waals surface area (Å²) in [6.45, 7) is 2.49. The van der Waals surface area contributed by atoms with E-state index in [-0.39, 0.29) is 6.04 Å². The second-order valence-corrected chi connectivity index (χ2v) is 5.18. The van der Waals surface area contributed by atoms with E-state index in [9.17, 15) is 0 Å². The van der Waals surface area contributed by atoms with Crippen LogP contribution in [0, 0.1) is 6.92 Å². The van der Waals surface area contributed by atoms with Crippen molar-refractivity contribution >= 4 is 28.9 Å². The summed E-state index contributed by atoms with van der Waals surface area (Å²) in [7, 11) is 0. The van der Waals surface area contributed by atoms with E-state index in [4.69, 9.17) is 28.9 Å². The molecule has 3 N–H and O–H groups in total. The largest absolute Gasteiger partial charge is 0.377 e. The molecule has 0 saturated heterocycles. The van der Waals surface area contributed by atoms with E-state index < -0.39 is 0 Å². The number of halogens is 2. The molecule has 2 aromatic rings. The number of anilines is 1. The minimum Gasteiger partial charge on any atom is -0.377 e. The summed E-state index contributed by atoms with van der Waals surface area (Å²) < 4.78 is 0. The maximum atomic E-state index is 6.25. The Bertz CT molecular complexity index is 570. The Balaban J connectivity index is 2.31. The van der Waals surface area contributed by atoms with Crippen molar-refractivity contribution in [3.63, 3.8) is 0 Å². The predicted molar refractivity (Wildman–Crippen MR) is 83.1 cm³/mol. The third kappa shape index (κ3) is 3.21. The fourth-order valence-electron chi connectivity index (χ4n) is 1.98. The van der Waals surface area contributed by atoms with Crippen LogP contribution in [-0.4, -0.2) is 6.54 Å². The number of aryl methyl sites for hydroxylation is 1. The lowest BCUT2D eigenvalue weighted by atomic mass is 10.1. The molecule has 0 amide bonds. The van der Waals surface area contributed by atoms with E-state index in [1.165, 1.54) is 5.56 Å². The zero-order valence-corrected chi connectivity index (χ0v) is 12.2. The summed E-state index contributed by atoms with van der Waals surface area (Å²) >= 11 is 12.3. The first kappa shape index (κ1) is 14.2. The van der Waals surface area contributed by atoms with Crippen LogP contribution in [0.4, 0.5) is 5.69 Å². The molecule has 0 aliphatic rings. The Morgan fingerprint density at radius 3 is 2.53 bits per heavy atom. The van der Waals surface area contributed by atoms with Gasteiger partial charge in [-0.15, -0.1) is 0 Å². The van der Waals surface area contributed by atoms with Gasteiger partial charge in [-0.25, -0.2) is 0 Å². The molecule has 1 unspecified atom stereocenters. The van der Waals surface area contributed by atoms with Crippen molar-refractivity contribution in [1.82, 2.24) is 0 Å². The third-order valence-electron chi connectivity index (χ3n) is 3.07. The molecular weight excluding hydrogens is 279 g/mol. The van der Waals surface area contributed by atoms with E-state index in [0.717, 1.165) is 11.3 Å². The zero-order valence-electron chi connectivity index (χ0n) is 10.7. The van der Waals surface area contributed by atoms with E-state index in [2.05, 4.69) is 18.3 Å². The summed E-state index contributed by atoms with van der Waals surface area (Å²) in [5.41, 5.74) is 8.99. The van der Waals surface area contributed by atoms with Gasteiger partial charge < -0.3 is 11.1 Å². The number of hydrogen-bond acceptors (Lipinski definition) is 2. The van der Waals surface area contributed by atoms with Crippen LogP contribution in [0.15, 0.2) is 42.5 Å². The Morgan fingerprint density at radius 1 is 1.11 bits per heavy atom. The summed E-state index contributed by atoms with van der Waals surface area (Å²) in [5.74, 6) is 0. The summed E-state index contributed by atoms with van der Waals surface area (Å²) in [4.78, 5) is 0. The number of nitrogens with one attached hydrogen (secondary N) is 1. The van der Waals surface area contributed by atoms with Crippen LogP contribution in [-0.2, 0) is 0 Å². The van der Waals surface area contributed by atoms with E-state index in [0.29, 0.717) is 16.6 Å². The number of benzene rings is 2. The molecule has 0 bridgehead atoms. The Hall–Kier alpha value is -1.22. The van der Waals surface area contributed by atoms with Gasteiger partial charge in [-0.05, 0) is 30.2 Å². The van der Waals surface area contributed by atoms with Gasteiger partial charge in [0.05, 0.1) is 16.1 Å². The van der Waals surface area contributed by atoms with E-state index in [1.807, 2.05) is 30.3 Å². The molecule has 2 rings (SSSR count). The topological polar surface area (TPSA) is 38.0 Å². The lowest BCUT2D eigenvalue weighted by Crippen LogP contribution is -2.21. The summed E-state index contributed by atoms with van der Waals surface area (Å²) in [5, 5.41) is 4.51. The lowest BCUT2D eigenvalue weighted by molar-refractivity contribution is 0.789. The Kier molecular flexibility index (Phi) is 4.70. The van der Waals surface area contributed by atoms with Crippen molar-refractivity contribution in [2.75, 3.05) is 11.9 Å². The molecule has 4 heteroatoms. The maximum Gasteiger partial charge on any atom is 0.0651 e. The van der Waals surface area contributed by atoms with Crippen LogP contribution in [0.5, 0.6) is 0 Å². The van der Waals surface area contributed by atoms with Gasteiger partial charge in [-0.2, -0.15) is 0 Å². The van der Waals surface area contributed by atoms with Crippen LogP contribution in [0.1, 0.15) is 17.2 Å². The first-order valence-corrected chi connectivity index (χ1v) is 6.85. The van der Waals surface area contributed by atoms with Crippen LogP contribution < -0.4 is 11.1 Å². The minimum atomic E-state index is -0.0627. The highest BCUT2D eigenvalue weighted by Gasteiger charge is 2.15. The normalized spacial score (nSPS) is 12.2. The molecule has 2 aromatic carbocycles. The first-order chi connectivity index (χ1) is 9.13. The summed E-state index contributed by atoms with van der Waals surface area (Å²) in [6.07, 6.45) is 0. The molecule has 0 saturated carbocycles. The monoisotopic (exact) mass is 294 g/mol. The highest BCUT2D eigenvalue weighted by molar-refractivity contribution is 6.42. The highest BCUT2D eigenvalue weighted by Crippen LogP contribution is 2.31. The van der Waals surface area contributed by atoms with Gasteiger partial charge >= 0.3 is 0 Å². The van der Waals surface area contributed by atoms with Gasteiger partial charge in [0.15, 0.2) is 0 Å². The van der Waals surface area contributed by atoms with E-state index >= 15 is 0 Å². The minimum absolute atomic E-state index is 0.0627. The van der Waals surface area contributed by atoms with Crippen molar-refractivity contribution in [3.8, 4) is 0 Å². The third-order valence-corrected chi connectivity index (χ3v) is 3.90. The molecule has 0 aliphatic carbocycles. The van der Waals surface area contributed by atoms with Crippen molar-refractivity contribution in [2.24, 2.45) is 5.73 Å². The van der Waals surface area contributed by atoms with E-state index in [1.54, 1.807) is 6.07 Å². The molecule has 0 aliphatic heterocycles. The number of hydrogen-bond donors (Lipinski definition) is 2. The smallest absolute Gasteiger partial charge is 0.0651 e. The quantitative estimate of drug-likeness (QED) is 0.876. The van der Waals surface area contributed by atoms with Crippen LogP contribution in [0.25, 0.3) is 0 Å². The standard InChI is InChI=1S/C15H16Cl2N2/c1-10-5-2-3-8-13(10)19-14(9-18)11-6-4-7-12(16)15(11)17/h2-8,14,19H,9,18H2,1H3. The molecule has 19 heavy (non-hydrogen) atoms. The van der Waals surface area contributed by atoms with Gasteiger partial charge in [0, 0.05) is 12.2 Å². The molecule has 0 heterocycles. The van der Waals surface area contributed by atoms with Crippen LogP contribution >= 0.6 is 23.2 Å². The van der Waals surface area contributed by atoms with Gasteiger partial charge in [0.1, 0.15) is 0 Å².